The first-order chi connectivity index (χ1) is 18.2. The molecule has 37 heavy (non-hydrogen) atoms. The van der Waals surface area contributed by atoms with Gasteiger partial charge in [0.1, 0.15) is 11.9 Å². The second-order valence-corrected chi connectivity index (χ2v) is 11.3. The molecular weight excluding hydrogens is 456 g/mol. The maximum atomic E-state index is 12.5. The predicted octanol–water partition coefficient (Wildman–Crippen LogP) is 10.5. The van der Waals surface area contributed by atoms with Crippen LogP contribution in [-0.4, -0.2) is 21.6 Å². The number of carbonyl (C=O) groups is 1. The van der Waals surface area contributed by atoms with Gasteiger partial charge >= 0.3 is 5.97 Å². The average Bonchev–Trinajstić information content (AvgIpc) is 3.30. The van der Waals surface area contributed by atoms with Crippen molar-refractivity contribution < 1.29 is 9.53 Å². The summed E-state index contributed by atoms with van der Waals surface area (Å²) in [5.41, 5.74) is 0. The Labute approximate surface area is 230 Å². The minimum atomic E-state index is 0.0510. The summed E-state index contributed by atoms with van der Waals surface area (Å²) in [6.07, 6.45) is 33.8. The number of carbonyl (C=O) groups excluding carboxylic acids is 1. The van der Waals surface area contributed by atoms with Gasteiger partial charge in [0.05, 0.1) is 0 Å². The number of nitrogens with zero attached hydrogens (tertiary/aromatic N) is 2. The lowest BCUT2D eigenvalue weighted by atomic mass is 10.0. The molecule has 0 radical (unpaired) electrons. The van der Waals surface area contributed by atoms with E-state index < -0.39 is 0 Å². The van der Waals surface area contributed by atoms with Crippen molar-refractivity contribution in [2.45, 2.75) is 188 Å². The summed E-state index contributed by atoms with van der Waals surface area (Å²) in [4.78, 5) is 16.8. The van der Waals surface area contributed by atoms with Gasteiger partial charge in [-0.15, -0.1) is 0 Å². The molecule has 4 heteroatoms. The third-order valence-corrected chi connectivity index (χ3v) is 7.76. The summed E-state index contributed by atoms with van der Waals surface area (Å²) in [6, 6.07) is 0. The summed E-state index contributed by atoms with van der Waals surface area (Å²) in [5.74, 6) is 1.17. The van der Waals surface area contributed by atoms with Gasteiger partial charge in [0.15, 0.2) is 0 Å². The van der Waals surface area contributed by atoms with Crippen molar-refractivity contribution in [3.63, 3.8) is 0 Å². The van der Waals surface area contributed by atoms with E-state index in [2.05, 4.69) is 36.5 Å². The molecule has 0 aromatic carbocycles. The van der Waals surface area contributed by atoms with Crippen LogP contribution >= 0.6 is 0 Å². The summed E-state index contributed by atoms with van der Waals surface area (Å²) in [7, 11) is 0. The molecule has 0 aliphatic rings. The van der Waals surface area contributed by atoms with E-state index in [4.69, 9.17) is 4.74 Å². The zero-order valence-electron chi connectivity index (χ0n) is 25.1. The van der Waals surface area contributed by atoms with Gasteiger partial charge in [-0.3, -0.25) is 4.79 Å². The van der Waals surface area contributed by atoms with Crippen LogP contribution in [0.25, 0.3) is 0 Å². The largest absolute Gasteiger partial charge is 0.462 e. The number of rotatable bonds is 27. The van der Waals surface area contributed by atoms with E-state index in [1.165, 1.54) is 122 Å². The number of unbranched alkanes of at least 4 members (excludes halogenated alkanes) is 18. The lowest BCUT2D eigenvalue weighted by Crippen LogP contribution is -2.18. The summed E-state index contributed by atoms with van der Waals surface area (Å²) >= 11 is 0. The van der Waals surface area contributed by atoms with E-state index in [1.54, 1.807) is 0 Å². The molecule has 0 aliphatic carbocycles. The van der Waals surface area contributed by atoms with Gasteiger partial charge in [0.25, 0.3) is 0 Å². The molecule has 0 unspecified atom stereocenters. The normalized spacial score (nSPS) is 11.5. The molecular formula is C33H62N2O2. The van der Waals surface area contributed by atoms with Crippen LogP contribution in [0.2, 0.25) is 0 Å². The highest BCUT2D eigenvalue weighted by Gasteiger charge is 2.14. The number of aromatic nitrogens is 2. The van der Waals surface area contributed by atoms with E-state index in [0.717, 1.165) is 38.1 Å². The minimum absolute atomic E-state index is 0.0510. The third-order valence-electron chi connectivity index (χ3n) is 7.76. The van der Waals surface area contributed by atoms with Crippen molar-refractivity contribution in [2.24, 2.45) is 0 Å². The van der Waals surface area contributed by atoms with E-state index in [-0.39, 0.29) is 12.1 Å². The average molecular weight is 519 g/mol. The molecule has 4 nitrogen and oxygen atoms in total. The quantitative estimate of drug-likeness (QED) is 0.0859. The molecule has 0 atom stereocenters. The van der Waals surface area contributed by atoms with Crippen molar-refractivity contribution in [3.8, 4) is 0 Å². The first-order valence-electron chi connectivity index (χ1n) is 16.3. The Balaban J connectivity index is 2.06. The molecule has 0 spiro atoms. The number of ether oxygens (including phenoxy) is 1. The monoisotopic (exact) mass is 518 g/mol. The SMILES string of the molecule is CCCCCCCCC(CCCCCCCC)OC(=O)CCCCCCCCCCCn1ccnc1C. The van der Waals surface area contributed by atoms with Crippen LogP contribution in [0, 0.1) is 6.92 Å². The number of aryl methyl sites for hydroxylation is 2. The van der Waals surface area contributed by atoms with Crippen LogP contribution in [0.1, 0.15) is 174 Å². The molecule has 216 valence electrons. The van der Waals surface area contributed by atoms with Crippen molar-refractivity contribution in [2.75, 3.05) is 0 Å². The molecule has 0 aliphatic heterocycles. The van der Waals surface area contributed by atoms with Crippen LogP contribution < -0.4 is 0 Å². The van der Waals surface area contributed by atoms with Crippen LogP contribution in [0.3, 0.4) is 0 Å². The number of esters is 1. The molecule has 0 saturated heterocycles. The number of hydrogen-bond acceptors (Lipinski definition) is 3. The zero-order valence-corrected chi connectivity index (χ0v) is 25.1. The standard InChI is InChI=1S/C33H62N2O2/c1-4-6-8-10-17-21-25-32(26-22-18-11-9-7-5-2)37-33(36)27-23-19-15-13-12-14-16-20-24-29-35-30-28-34-31(35)3/h28,30,32H,4-27,29H2,1-3H3. The fourth-order valence-corrected chi connectivity index (χ4v) is 5.24. The maximum Gasteiger partial charge on any atom is 0.306 e. The van der Waals surface area contributed by atoms with Gasteiger partial charge < -0.3 is 9.30 Å². The maximum absolute atomic E-state index is 12.5. The van der Waals surface area contributed by atoms with E-state index in [1.807, 2.05) is 6.20 Å². The van der Waals surface area contributed by atoms with Crippen molar-refractivity contribution in [1.82, 2.24) is 9.55 Å². The van der Waals surface area contributed by atoms with Crippen molar-refractivity contribution in [3.05, 3.63) is 18.2 Å². The highest BCUT2D eigenvalue weighted by molar-refractivity contribution is 5.69. The minimum Gasteiger partial charge on any atom is -0.462 e. The second-order valence-electron chi connectivity index (χ2n) is 11.3. The molecule has 1 aromatic heterocycles. The highest BCUT2D eigenvalue weighted by Crippen LogP contribution is 2.18. The molecule has 0 amide bonds. The van der Waals surface area contributed by atoms with Gasteiger partial charge in [0, 0.05) is 25.4 Å². The van der Waals surface area contributed by atoms with Crippen LogP contribution in [0.5, 0.6) is 0 Å². The van der Waals surface area contributed by atoms with E-state index in [9.17, 15) is 4.79 Å². The zero-order chi connectivity index (χ0) is 26.8. The van der Waals surface area contributed by atoms with E-state index >= 15 is 0 Å². The lowest BCUT2D eigenvalue weighted by Gasteiger charge is -2.18. The molecule has 0 saturated carbocycles. The van der Waals surface area contributed by atoms with E-state index in [0.29, 0.717) is 6.42 Å². The summed E-state index contributed by atoms with van der Waals surface area (Å²) in [6.45, 7) is 7.71. The smallest absolute Gasteiger partial charge is 0.306 e. The molecule has 1 aromatic rings. The third kappa shape index (κ3) is 20.3. The van der Waals surface area contributed by atoms with Gasteiger partial charge in [-0.05, 0) is 45.4 Å². The fraction of sp³-hybridized carbons (Fsp3) is 0.879. The predicted molar refractivity (Wildman–Crippen MR) is 159 cm³/mol. The Morgan fingerprint density at radius 1 is 0.703 bits per heavy atom. The Hall–Kier alpha value is -1.32. The molecule has 0 N–H and O–H groups in total. The molecule has 1 rings (SSSR count). The highest BCUT2D eigenvalue weighted by atomic mass is 16.5. The number of imidazole rings is 1. The second kappa shape index (κ2) is 25.0. The van der Waals surface area contributed by atoms with Crippen molar-refractivity contribution >= 4 is 5.97 Å². The lowest BCUT2D eigenvalue weighted by molar-refractivity contribution is -0.150. The summed E-state index contributed by atoms with van der Waals surface area (Å²) < 4.78 is 8.22. The van der Waals surface area contributed by atoms with Gasteiger partial charge in [0.2, 0.25) is 0 Å². The fourth-order valence-electron chi connectivity index (χ4n) is 5.24. The Bertz CT molecular complexity index is 612. The Morgan fingerprint density at radius 3 is 1.65 bits per heavy atom. The van der Waals surface area contributed by atoms with Crippen LogP contribution in [0.15, 0.2) is 12.4 Å². The van der Waals surface area contributed by atoms with Crippen LogP contribution in [0.4, 0.5) is 0 Å². The first kappa shape index (κ1) is 33.7. The number of hydrogen-bond donors (Lipinski definition) is 0. The molecule has 1 heterocycles. The van der Waals surface area contributed by atoms with Gasteiger partial charge in [-0.2, -0.15) is 0 Å². The first-order valence-corrected chi connectivity index (χ1v) is 16.3. The van der Waals surface area contributed by atoms with Gasteiger partial charge in [-0.1, -0.05) is 123 Å². The van der Waals surface area contributed by atoms with Crippen LogP contribution in [-0.2, 0) is 16.1 Å². The summed E-state index contributed by atoms with van der Waals surface area (Å²) in [5, 5.41) is 0. The van der Waals surface area contributed by atoms with Crippen molar-refractivity contribution in [1.29, 1.82) is 0 Å². The van der Waals surface area contributed by atoms with Gasteiger partial charge in [-0.25, -0.2) is 4.98 Å². The Morgan fingerprint density at radius 2 is 1.16 bits per heavy atom. The molecule has 0 fully saturated rings. The topological polar surface area (TPSA) is 44.1 Å². The Kier molecular flexibility index (Phi) is 22.8. The molecule has 0 bridgehead atoms.